The van der Waals surface area contributed by atoms with E-state index in [-0.39, 0.29) is 18.4 Å². The summed E-state index contributed by atoms with van der Waals surface area (Å²) in [4.78, 5) is 20.6. The van der Waals surface area contributed by atoms with Gasteiger partial charge in [0.15, 0.2) is 0 Å². The highest BCUT2D eigenvalue weighted by molar-refractivity contribution is 5.71. The molecule has 5 heteroatoms. The van der Waals surface area contributed by atoms with Crippen molar-refractivity contribution in [3.05, 3.63) is 41.2 Å². The van der Waals surface area contributed by atoms with Crippen LogP contribution in [0, 0.1) is 5.82 Å². The van der Waals surface area contributed by atoms with Gasteiger partial charge in [-0.2, -0.15) is 0 Å². The van der Waals surface area contributed by atoms with Gasteiger partial charge in [0.2, 0.25) is 0 Å². The third-order valence-corrected chi connectivity index (χ3v) is 2.01. The molecular weight excluding hydrogens is 227 g/mol. The first kappa shape index (κ1) is 12.9. The molecule has 1 rings (SSSR count). The highest BCUT2D eigenvalue weighted by Crippen LogP contribution is 2.13. The third-order valence-electron chi connectivity index (χ3n) is 2.01. The number of aliphatic carboxylic acids is 2. The van der Waals surface area contributed by atoms with Crippen LogP contribution in [0.5, 0.6) is 0 Å². The van der Waals surface area contributed by atoms with Crippen molar-refractivity contribution in [3.63, 3.8) is 0 Å². The topological polar surface area (TPSA) is 74.6 Å². The van der Waals surface area contributed by atoms with Crippen molar-refractivity contribution in [2.45, 2.75) is 12.8 Å². The van der Waals surface area contributed by atoms with Crippen LogP contribution in [-0.4, -0.2) is 22.2 Å². The van der Waals surface area contributed by atoms with Gasteiger partial charge in [0.25, 0.3) is 0 Å². The van der Waals surface area contributed by atoms with Crippen LogP contribution < -0.4 is 0 Å². The number of halogens is 1. The molecule has 1 aromatic carbocycles. The zero-order valence-electron chi connectivity index (χ0n) is 8.89. The van der Waals surface area contributed by atoms with Gasteiger partial charge >= 0.3 is 11.9 Å². The highest BCUT2D eigenvalue weighted by Gasteiger charge is 2.04. The molecule has 0 fully saturated rings. The maximum absolute atomic E-state index is 13.4. The van der Waals surface area contributed by atoms with Crippen LogP contribution >= 0.6 is 0 Å². The summed E-state index contributed by atoms with van der Waals surface area (Å²) in [7, 11) is 0. The zero-order valence-corrected chi connectivity index (χ0v) is 8.89. The highest BCUT2D eigenvalue weighted by atomic mass is 19.1. The fraction of sp³-hybridized carbons (Fsp3) is 0.167. The van der Waals surface area contributed by atoms with E-state index in [4.69, 9.17) is 10.2 Å². The number of carbonyl (C=O) groups is 2. The van der Waals surface area contributed by atoms with Crippen LogP contribution in [0.2, 0.25) is 0 Å². The number of hydrogen-bond acceptors (Lipinski definition) is 2. The standard InChI is InChI=1S/C12H11FO4/c13-10-6-8(7-12(16)17)4-5-9(10)2-1-3-11(14)15/h1-2,4-6H,3,7H2,(H,14,15)(H,16,17). The normalized spacial score (nSPS) is 10.6. The lowest BCUT2D eigenvalue weighted by Crippen LogP contribution is -2.00. The van der Waals surface area contributed by atoms with Gasteiger partial charge in [-0.25, -0.2) is 4.39 Å². The molecule has 1 aromatic rings. The molecule has 0 aromatic heterocycles. The lowest BCUT2D eigenvalue weighted by Gasteiger charge is -2.00. The van der Waals surface area contributed by atoms with E-state index in [9.17, 15) is 14.0 Å². The van der Waals surface area contributed by atoms with Gasteiger partial charge in [-0.15, -0.1) is 0 Å². The molecule has 0 bridgehead atoms. The molecule has 0 unspecified atom stereocenters. The predicted molar refractivity (Wildman–Crippen MR) is 59.0 cm³/mol. The lowest BCUT2D eigenvalue weighted by molar-refractivity contribution is -0.137. The van der Waals surface area contributed by atoms with Crippen molar-refractivity contribution in [2.24, 2.45) is 0 Å². The van der Waals surface area contributed by atoms with Gasteiger partial charge in [-0.05, 0) is 11.6 Å². The number of carboxylic acid groups (broad SMARTS) is 2. The van der Waals surface area contributed by atoms with Crippen molar-refractivity contribution in [2.75, 3.05) is 0 Å². The summed E-state index contributed by atoms with van der Waals surface area (Å²) in [6.07, 6.45) is 2.26. The first-order valence-corrected chi connectivity index (χ1v) is 4.87. The molecule has 0 saturated heterocycles. The van der Waals surface area contributed by atoms with Crippen molar-refractivity contribution in [1.82, 2.24) is 0 Å². The van der Waals surface area contributed by atoms with Crippen molar-refractivity contribution in [3.8, 4) is 0 Å². The smallest absolute Gasteiger partial charge is 0.307 e. The molecule has 0 aliphatic carbocycles. The second-order valence-corrected chi connectivity index (χ2v) is 3.43. The van der Waals surface area contributed by atoms with Gasteiger partial charge in [-0.3, -0.25) is 9.59 Å². The summed E-state index contributed by atoms with van der Waals surface area (Å²) < 4.78 is 13.4. The van der Waals surface area contributed by atoms with Crippen molar-refractivity contribution in [1.29, 1.82) is 0 Å². The van der Waals surface area contributed by atoms with Crippen molar-refractivity contribution < 1.29 is 24.2 Å². The molecule has 2 N–H and O–H groups in total. The third kappa shape index (κ3) is 4.46. The Morgan fingerprint density at radius 1 is 1.24 bits per heavy atom. The average molecular weight is 238 g/mol. The largest absolute Gasteiger partial charge is 0.481 e. The fourth-order valence-corrected chi connectivity index (χ4v) is 1.28. The van der Waals surface area contributed by atoms with Crippen LogP contribution in [0.1, 0.15) is 17.5 Å². The van der Waals surface area contributed by atoms with Gasteiger partial charge in [0.1, 0.15) is 5.82 Å². The van der Waals surface area contributed by atoms with Gasteiger partial charge in [0, 0.05) is 5.56 Å². The summed E-state index contributed by atoms with van der Waals surface area (Å²) >= 11 is 0. The maximum atomic E-state index is 13.4. The summed E-state index contributed by atoms with van der Waals surface area (Å²) in [6, 6.07) is 4.05. The molecule has 0 aliphatic rings. The second kappa shape index (κ2) is 5.79. The Bertz CT molecular complexity index is 466. The van der Waals surface area contributed by atoms with Crippen LogP contribution in [0.15, 0.2) is 24.3 Å². The Balaban J connectivity index is 2.79. The molecule has 0 heterocycles. The Kier molecular flexibility index (Phi) is 4.39. The van der Waals surface area contributed by atoms with Gasteiger partial charge < -0.3 is 10.2 Å². The van der Waals surface area contributed by atoms with E-state index in [1.54, 1.807) is 0 Å². The Morgan fingerprint density at radius 2 is 1.94 bits per heavy atom. The molecule has 4 nitrogen and oxygen atoms in total. The summed E-state index contributed by atoms with van der Waals surface area (Å²) in [6.45, 7) is 0. The van der Waals surface area contributed by atoms with E-state index in [1.165, 1.54) is 24.3 Å². The Labute approximate surface area is 97.0 Å². The summed E-state index contributed by atoms with van der Waals surface area (Å²) in [5.74, 6) is -2.59. The first-order valence-electron chi connectivity index (χ1n) is 4.87. The average Bonchev–Trinajstić information content (AvgIpc) is 2.20. The second-order valence-electron chi connectivity index (χ2n) is 3.43. The van der Waals surface area contributed by atoms with Crippen LogP contribution in [-0.2, 0) is 16.0 Å². The van der Waals surface area contributed by atoms with Crippen molar-refractivity contribution >= 4 is 18.0 Å². The van der Waals surface area contributed by atoms with E-state index >= 15 is 0 Å². The minimum atomic E-state index is -1.03. The fourth-order valence-electron chi connectivity index (χ4n) is 1.28. The van der Waals surface area contributed by atoms with Crippen LogP contribution in [0.25, 0.3) is 6.08 Å². The number of carboxylic acids is 2. The molecule has 17 heavy (non-hydrogen) atoms. The SMILES string of the molecule is O=C(O)CC=Cc1ccc(CC(=O)O)cc1F. The van der Waals surface area contributed by atoms with Gasteiger partial charge in [-0.1, -0.05) is 24.3 Å². The zero-order chi connectivity index (χ0) is 12.8. The van der Waals surface area contributed by atoms with E-state index < -0.39 is 17.8 Å². The molecule has 90 valence electrons. The molecule has 0 spiro atoms. The number of benzene rings is 1. The molecule has 0 radical (unpaired) electrons. The van der Waals surface area contributed by atoms with E-state index in [0.29, 0.717) is 5.56 Å². The maximum Gasteiger partial charge on any atom is 0.307 e. The molecular formula is C12H11FO4. The number of rotatable bonds is 5. The van der Waals surface area contributed by atoms with E-state index in [0.717, 1.165) is 6.07 Å². The van der Waals surface area contributed by atoms with Crippen LogP contribution in [0.3, 0.4) is 0 Å². The quantitative estimate of drug-likeness (QED) is 0.822. The molecule has 0 amide bonds. The first-order chi connectivity index (χ1) is 7.99. The predicted octanol–water partition coefficient (Wildman–Crippen LogP) is 1.94. The monoisotopic (exact) mass is 238 g/mol. The number of hydrogen-bond donors (Lipinski definition) is 2. The molecule has 0 atom stereocenters. The Hall–Kier alpha value is -2.17. The Morgan fingerprint density at radius 3 is 2.47 bits per heavy atom. The molecule has 0 aliphatic heterocycles. The van der Waals surface area contributed by atoms with E-state index in [1.807, 2.05) is 0 Å². The van der Waals surface area contributed by atoms with Crippen LogP contribution in [0.4, 0.5) is 4.39 Å². The minimum absolute atomic E-state index is 0.184. The molecule has 0 saturated carbocycles. The van der Waals surface area contributed by atoms with Gasteiger partial charge in [0.05, 0.1) is 12.8 Å². The summed E-state index contributed by atoms with van der Waals surface area (Å²) in [5.41, 5.74) is 0.603. The van der Waals surface area contributed by atoms with E-state index in [2.05, 4.69) is 0 Å². The minimum Gasteiger partial charge on any atom is -0.481 e. The lowest BCUT2D eigenvalue weighted by atomic mass is 10.1. The summed E-state index contributed by atoms with van der Waals surface area (Å²) in [5, 5.41) is 16.9.